The van der Waals surface area contributed by atoms with E-state index in [1.54, 1.807) is 47.0 Å². The molecule has 33 heavy (non-hydrogen) atoms. The second-order valence-electron chi connectivity index (χ2n) is 7.65. The van der Waals surface area contributed by atoms with E-state index in [-0.39, 0.29) is 17.3 Å². The largest absolute Gasteiger partial charge is 0.345 e. The van der Waals surface area contributed by atoms with Gasteiger partial charge in [0.25, 0.3) is 11.7 Å². The third-order valence-electron chi connectivity index (χ3n) is 5.30. The fourth-order valence-corrected chi connectivity index (χ4v) is 4.54. The number of halogens is 4. The van der Waals surface area contributed by atoms with Gasteiger partial charge in [-0.15, -0.1) is 0 Å². The molecule has 0 aliphatic carbocycles. The second-order valence-corrected chi connectivity index (χ2v) is 9.28. The van der Waals surface area contributed by atoms with Crippen molar-refractivity contribution in [2.24, 2.45) is 0 Å². The molecule has 0 radical (unpaired) electrons. The van der Waals surface area contributed by atoms with Gasteiger partial charge in [0.15, 0.2) is 0 Å². The summed E-state index contributed by atoms with van der Waals surface area (Å²) in [5.41, 5.74) is 3.44. The topological polar surface area (TPSA) is 51.1 Å². The van der Waals surface area contributed by atoms with Crippen LogP contribution < -0.4 is 5.32 Å². The number of aryl methyl sites for hydroxylation is 1. The van der Waals surface area contributed by atoms with E-state index in [9.17, 15) is 9.59 Å². The van der Waals surface area contributed by atoms with Gasteiger partial charge in [-0.1, -0.05) is 76.2 Å². The van der Waals surface area contributed by atoms with Crippen molar-refractivity contribution in [1.82, 2.24) is 9.88 Å². The Bertz CT molecular complexity index is 1380. The quantitative estimate of drug-likeness (QED) is 0.218. The highest BCUT2D eigenvalue weighted by molar-refractivity contribution is 6.49. The maximum absolute atomic E-state index is 13.2. The van der Waals surface area contributed by atoms with Gasteiger partial charge in [0.05, 0.1) is 17.6 Å². The highest BCUT2D eigenvalue weighted by atomic mass is 35.5. The molecule has 4 aromatic rings. The molecule has 0 saturated carbocycles. The fourth-order valence-electron chi connectivity index (χ4n) is 3.61. The molecule has 168 valence electrons. The van der Waals surface area contributed by atoms with E-state index < -0.39 is 11.7 Å². The number of nitrogens with zero attached hydrogens (tertiary/aromatic N) is 1. The lowest BCUT2D eigenvalue weighted by Crippen LogP contribution is -2.30. The Kier molecular flexibility index (Phi) is 7.01. The molecule has 0 fully saturated rings. The lowest BCUT2D eigenvalue weighted by atomic mass is 10.1. The van der Waals surface area contributed by atoms with Crippen LogP contribution in [0, 0.1) is 6.92 Å². The summed E-state index contributed by atoms with van der Waals surface area (Å²) in [6, 6.07) is 17.9. The van der Waals surface area contributed by atoms with Crippen molar-refractivity contribution in [3.8, 4) is 0 Å². The minimum absolute atomic E-state index is 0.161. The van der Waals surface area contributed by atoms with Gasteiger partial charge in [-0.05, 0) is 54.4 Å². The van der Waals surface area contributed by atoms with Gasteiger partial charge in [0, 0.05) is 27.0 Å². The average molecular weight is 520 g/mol. The Morgan fingerprint density at radius 1 is 0.879 bits per heavy atom. The van der Waals surface area contributed by atoms with Crippen LogP contribution in [0.4, 0.5) is 0 Å². The Hall–Kier alpha value is -2.50. The van der Waals surface area contributed by atoms with Crippen molar-refractivity contribution < 1.29 is 9.59 Å². The molecule has 0 spiro atoms. The molecule has 0 bridgehead atoms. The number of benzene rings is 3. The predicted molar refractivity (Wildman–Crippen MR) is 135 cm³/mol. The summed E-state index contributed by atoms with van der Waals surface area (Å²) in [7, 11) is 0. The van der Waals surface area contributed by atoms with Crippen LogP contribution in [0.5, 0.6) is 0 Å². The fraction of sp³-hybridized carbons (Fsp3) is 0.120. The summed E-state index contributed by atoms with van der Waals surface area (Å²) in [5, 5.41) is 5.05. The predicted octanol–water partition coefficient (Wildman–Crippen LogP) is 7.11. The maximum Gasteiger partial charge on any atom is 0.292 e. The zero-order chi connectivity index (χ0) is 23.7. The van der Waals surface area contributed by atoms with Crippen molar-refractivity contribution in [1.29, 1.82) is 0 Å². The van der Waals surface area contributed by atoms with Gasteiger partial charge in [-0.2, -0.15) is 0 Å². The van der Waals surface area contributed by atoms with Crippen LogP contribution in [0.1, 0.15) is 27.0 Å². The maximum atomic E-state index is 13.2. The highest BCUT2D eigenvalue weighted by Crippen LogP contribution is 2.33. The van der Waals surface area contributed by atoms with Gasteiger partial charge in [-0.3, -0.25) is 9.59 Å². The Labute approximate surface area is 211 Å². The summed E-state index contributed by atoms with van der Waals surface area (Å²) < 4.78 is 1.77. The summed E-state index contributed by atoms with van der Waals surface area (Å²) in [5.74, 6) is -1.44. The molecule has 0 atom stereocenters. The Morgan fingerprint density at radius 3 is 2.27 bits per heavy atom. The monoisotopic (exact) mass is 518 g/mol. The van der Waals surface area contributed by atoms with Crippen LogP contribution in [-0.4, -0.2) is 16.3 Å². The molecule has 3 aromatic carbocycles. The van der Waals surface area contributed by atoms with Crippen molar-refractivity contribution in [2.75, 3.05) is 0 Å². The average Bonchev–Trinajstić information content (AvgIpc) is 3.04. The van der Waals surface area contributed by atoms with Gasteiger partial charge in [0.2, 0.25) is 0 Å². The van der Waals surface area contributed by atoms with E-state index in [0.717, 1.165) is 22.2 Å². The number of hydrogen-bond acceptors (Lipinski definition) is 2. The molecule has 0 aliphatic heterocycles. The van der Waals surface area contributed by atoms with E-state index in [2.05, 4.69) is 5.32 Å². The molecule has 1 amide bonds. The number of nitrogens with one attached hydrogen (secondary N) is 1. The van der Waals surface area contributed by atoms with Crippen LogP contribution in [0.2, 0.25) is 20.2 Å². The van der Waals surface area contributed by atoms with Crippen LogP contribution in [0.15, 0.2) is 60.7 Å². The molecular weight excluding hydrogens is 502 g/mol. The number of carbonyl (C=O) groups excluding carboxylic acids is 2. The van der Waals surface area contributed by atoms with E-state index in [1.165, 1.54) is 0 Å². The molecule has 4 rings (SSSR count). The normalized spacial score (nSPS) is 11.1. The number of amides is 1. The van der Waals surface area contributed by atoms with Crippen LogP contribution in [0.25, 0.3) is 10.9 Å². The van der Waals surface area contributed by atoms with E-state index in [0.29, 0.717) is 27.0 Å². The van der Waals surface area contributed by atoms with Gasteiger partial charge >= 0.3 is 0 Å². The molecule has 0 saturated heterocycles. The first-order valence-corrected chi connectivity index (χ1v) is 11.5. The minimum atomic E-state index is -0.739. The first kappa shape index (κ1) is 23.7. The van der Waals surface area contributed by atoms with Crippen LogP contribution in [0.3, 0.4) is 0 Å². The van der Waals surface area contributed by atoms with Gasteiger partial charge in [0.1, 0.15) is 5.15 Å². The lowest BCUT2D eigenvalue weighted by molar-refractivity contribution is -0.117. The van der Waals surface area contributed by atoms with Crippen molar-refractivity contribution in [3.63, 3.8) is 0 Å². The number of Topliss-reactive ketones (excluding diaryl/α,β-unsaturated/α-hetero) is 1. The smallest absolute Gasteiger partial charge is 0.292 e. The molecule has 1 aromatic heterocycles. The number of rotatable bonds is 6. The molecule has 1 N–H and O–H groups in total. The van der Waals surface area contributed by atoms with Gasteiger partial charge in [-0.25, -0.2) is 0 Å². The summed E-state index contributed by atoms with van der Waals surface area (Å²) in [6.45, 7) is 2.42. The summed E-state index contributed by atoms with van der Waals surface area (Å²) in [6.07, 6.45) is 0. The second kappa shape index (κ2) is 9.78. The van der Waals surface area contributed by atoms with E-state index in [1.807, 2.05) is 25.1 Å². The van der Waals surface area contributed by atoms with E-state index in [4.69, 9.17) is 46.4 Å². The van der Waals surface area contributed by atoms with Crippen molar-refractivity contribution >= 4 is 69.0 Å². The Balaban J connectivity index is 1.68. The lowest BCUT2D eigenvalue weighted by Gasteiger charge is -2.10. The number of ketones is 1. The molecule has 0 aliphatic rings. The third kappa shape index (κ3) is 5.04. The van der Waals surface area contributed by atoms with Crippen LogP contribution in [-0.2, 0) is 17.9 Å². The molecule has 4 nitrogen and oxygen atoms in total. The zero-order valence-corrected chi connectivity index (χ0v) is 20.5. The standard InChI is InChI=1S/C25H18Cl4N2O2/c1-14-2-9-21-19(10-14)22(23(32)25(33)30-12-15-3-6-17(26)7-4-15)24(29)31(21)13-16-5-8-18(27)11-20(16)28/h2-11H,12-13H2,1H3,(H,30,33). The SMILES string of the molecule is Cc1ccc2c(c1)c(C(=O)C(=O)NCc1ccc(Cl)cc1)c(Cl)n2Cc1ccc(Cl)cc1Cl. The first-order chi connectivity index (χ1) is 15.7. The van der Waals surface area contributed by atoms with E-state index >= 15 is 0 Å². The molecule has 8 heteroatoms. The minimum Gasteiger partial charge on any atom is -0.345 e. The molecular formula is C25H18Cl4N2O2. The molecule has 0 unspecified atom stereocenters. The number of carbonyl (C=O) groups is 2. The van der Waals surface area contributed by atoms with Crippen LogP contribution >= 0.6 is 46.4 Å². The zero-order valence-electron chi connectivity index (χ0n) is 17.5. The highest BCUT2D eigenvalue weighted by Gasteiger charge is 2.26. The first-order valence-electron chi connectivity index (χ1n) is 10.0. The number of aromatic nitrogens is 1. The van der Waals surface area contributed by atoms with Gasteiger partial charge < -0.3 is 9.88 Å². The Morgan fingerprint density at radius 2 is 1.58 bits per heavy atom. The number of fused-ring (bicyclic) bond motifs is 1. The third-order valence-corrected chi connectivity index (χ3v) is 6.53. The van der Waals surface area contributed by atoms with Crippen molar-refractivity contribution in [3.05, 3.63) is 103 Å². The molecule has 1 heterocycles. The number of hydrogen-bond donors (Lipinski definition) is 1. The van der Waals surface area contributed by atoms with Crippen molar-refractivity contribution in [2.45, 2.75) is 20.0 Å². The summed E-state index contributed by atoms with van der Waals surface area (Å²) >= 11 is 25.0. The summed E-state index contributed by atoms with van der Waals surface area (Å²) in [4.78, 5) is 25.9.